The fraction of sp³-hybridized carbons (Fsp3) is 0.0625. The smallest absolute Gasteiger partial charge is 0.197 e. The number of hydrogen-bond acceptors (Lipinski definition) is 2. The van der Waals surface area contributed by atoms with Crippen molar-refractivity contribution in [1.29, 1.82) is 0 Å². The monoisotopic (exact) mass is 316 g/mol. The van der Waals surface area contributed by atoms with Gasteiger partial charge in [0.05, 0.1) is 22.2 Å². The molecule has 0 fully saturated rings. The summed E-state index contributed by atoms with van der Waals surface area (Å²) in [5.74, 6) is 0. The Morgan fingerprint density at radius 2 is 1.76 bits per heavy atom. The van der Waals surface area contributed by atoms with E-state index in [4.69, 9.17) is 11.6 Å². The van der Waals surface area contributed by atoms with Crippen LogP contribution in [0.1, 0.15) is 0 Å². The third kappa shape index (κ3) is 2.91. The first kappa shape index (κ1) is 14.0. The number of H-pyrrole nitrogens is 1. The molecule has 2 aromatic carbocycles. The number of imidazole rings is 1. The van der Waals surface area contributed by atoms with Gasteiger partial charge < -0.3 is 4.98 Å². The molecule has 0 aliphatic carbocycles. The van der Waals surface area contributed by atoms with Gasteiger partial charge in [0.25, 0.3) is 0 Å². The maximum atomic E-state index is 11.7. The normalized spacial score (nSPS) is 12.3. The second-order valence-electron chi connectivity index (χ2n) is 4.60. The molecule has 3 nitrogen and oxygen atoms in total. The van der Waals surface area contributed by atoms with Gasteiger partial charge in [-0.15, -0.1) is 0 Å². The lowest BCUT2D eigenvalue weighted by atomic mass is 10.1. The molecule has 3 aromatic rings. The van der Waals surface area contributed by atoms with Crippen LogP contribution in [-0.2, 0) is 10.8 Å². The maximum Gasteiger partial charge on any atom is 0.197 e. The zero-order valence-corrected chi connectivity index (χ0v) is 12.9. The first-order valence-electron chi connectivity index (χ1n) is 6.40. The molecule has 0 amide bonds. The van der Waals surface area contributed by atoms with Gasteiger partial charge in [0.1, 0.15) is 0 Å². The molecule has 1 unspecified atom stereocenters. The summed E-state index contributed by atoms with van der Waals surface area (Å²) < 4.78 is 11.7. The summed E-state index contributed by atoms with van der Waals surface area (Å²) in [5, 5.41) is 1.11. The van der Waals surface area contributed by atoms with Gasteiger partial charge in [0.15, 0.2) is 5.16 Å². The number of benzene rings is 2. The molecular weight excluding hydrogens is 304 g/mol. The molecule has 21 heavy (non-hydrogen) atoms. The molecule has 0 saturated carbocycles. The molecule has 3 rings (SSSR count). The maximum absolute atomic E-state index is 11.7. The molecule has 0 saturated heterocycles. The van der Waals surface area contributed by atoms with Crippen LogP contribution in [0.4, 0.5) is 0 Å². The van der Waals surface area contributed by atoms with Gasteiger partial charge in [0, 0.05) is 22.4 Å². The summed E-state index contributed by atoms with van der Waals surface area (Å²) >= 11 is 6.06. The van der Waals surface area contributed by atoms with E-state index in [1.54, 1.807) is 6.26 Å². The van der Waals surface area contributed by atoms with Crippen LogP contribution in [0.15, 0.2) is 59.8 Å². The minimum absolute atomic E-state index is 0.462. The highest BCUT2D eigenvalue weighted by atomic mass is 35.5. The Labute approximate surface area is 130 Å². The first-order chi connectivity index (χ1) is 10.1. The quantitative estimate of drug-likeness (QED) is 0.789. The zero-order chi connectivity index (χ0) is 14.8. The third-order valence-electron chi connectivity index (χ3n) is 3.11. The second kappa shape index (κ2) is 5.84. The highest BCUT2D eigenvalue weighted by Gasteiger charge is 2.15. The van der Waals surface area contributed by atoms with Crippen LogP contribution in [0.25, 0.3) is 22.5 Å². The Bertz CT molecular complexity index is 799. The molecule has 0 bridgehead atoms. The fourth-order valence-electron chi connectivity index (χ4n) is 2.15. The predicted octanol–water partition coefficient (Wildman–Crippen LogP) is 4.13. The van der Waals surface area contributed by atoms with Gasteiger partial charge in [-0.05, 0) is 12.1 Å². The molecule has 1 atom stereocenters. The van der Waals surface area contributed by atoms with E-state index in [1.807, 2.05) is 54.6 Å². The fourth-order valence-corrected chi connectivity index (χ4v) is 2.80. The zero-order valence-electron chi connectivity index (χ0n) is 11.3. The number of rotatable bonds is 3. The number of hydrogen-bond donors (Lipinski definition) is 1. The molecule has 1 heterocycles. The lowest BCUT2D eigenvalue weighted by Crippen LogP contribution is -1.89. The SMILES string of the molecule is CS(=O)c1nc(-c2cccc(Cl)c2)c(-c2ccccc2)[nH]1. The molecule has 0 aliphatic heterocycles. The van der Waals surface area contributed by atoms with Gasteiger partial charge in [-0.3, -0.25) is 4.21 Å². The number of aromatic nitrogens is 2. The number of nitrogens with one attached hydrogen (secondary N) is 1. The van der Waals surface area contributed by atoms with Crippen molar-refractivity contribution in [2.24, 2.45) is 0 Å². The van der Waals surface area contributed by atoms with Crippen molar-refractivity contribution in [3.05, 3.63) is 59.6 Å². The van der Waals surface area contributed by atoms with Crippen molar-refractivity contribution in [3.8, 4) is 22.5 Å². The number of halogens is 1. The standard InChI is InChI=1S/C16H13ClN2OS/c1-21(20)16-18-14(11-6-3-2-4-7-11)15(19-16)12-8-5-9-13(17)10-12/h2-10H,1H3,(H,18,19). The molecule has 1 aromatic heterocycles. The van der Waals surface area contributed by atoms with E-state index < -0.39 is 10.8 Å². The van der Waals surface area contributed by atoms with Gasteiger partial charge in [-0.2, -0.15) is 0 Å². The summed E-state index contributed by atoms with van der Waals surface area (Å²) in [4.78, 5) is 7.64. The topological polar surface area (TPSA) is 45.8 Å². The molecule has 1 N–H and O–H groups in total. The van der Waals surface area contributed by atoms with Gasteiger partial charge in [-0.25, -0.2) is 4.98 Å². The van der Waals surface area contributed by atoms with Crippen LogP contribution >= 0.6 is 11.6 Å². The van der Waals surface area contributed by atoms with Crippen molar-refractivity contribution in [1.82, 2.24) is 9.97 Å². The summed E-state index contributed by atoms with van der Waals surface area (Å²) in [6.45, 7) is 0. The van der Waals surface area contributed by atoms with Gasteiger partial charge >= 0.3 is 0 Å². The van der Waals surface area contributed by atoms with Crippen LogP contribution < -0.4 is 0 Å². The van der Waals surface area contributed by atoms with E-state index in [1.165, 1.54) is 0 Å². The van der Waals surface area contributed by atoms with Crippen LogP contribution in [0, 0.1) is 0 Å². The van der Waals surface area contributed by atoms with Gasteiger partial charge in [0.2, 0.25) is 0 Å². The average molecular weight is 317 g/mol. The Morgan fingerprint density at radius 1 is 1.05 bits per heavy atom. The summed E-state index contributed by atoms with van der Waals surface area (Å²) in [6.07, 6.45) is 1.61. The Kier molecular flexibility index (Phi) is 3.90. The Balaban J connectivity index is 2.21. The van der Waals surface area contributed by atoms with Crippen molar-refractivity contribution in [2.45, 2.75) is 5.16 Å². The van der Waals surface area contributed by atoms with Crippen LogP contribution in [0.2, 0.25) is 5.02 Å². The highest BCUT2D eigenvalue weighted by molar-refractivity contribution is 7.84. The highest BCUT2D eigenvalue weighted by Crippen LogP contribution is 2.31. The average Bonchev–Trinajstić information content (AvgIpc) is 2.93. The van der Waals surface area contributed by atoms with E-state index in [2.05, 4.69) is 9.97 Å². The predicted molar refractivity (Wildman–Crippen MR) is 86.8 cm³/mol. The van der Waals surface area contributed by atoms with E-state index in [0.29, 0.717) is 10.2 Å². The van der Waals surface area contributed by atoms with Crippen molar-refractivity contribution < 1.29 is 4.21 Å². The Hall–Kier alpha value is -1.91. The van der Waals surface area contributed by atoms with E-state index in [-0.39, 0.29) is 0 Å². The molecule has 5 heteroatoms. The van der Waals surface area contributed by atoms with E-state index in [0.717, 1.165) is 22.5 Å². The van der Waals surface area contributed by atoms with Crippen LogP contribution in [0.3, 0.4) is 0 Å². The second-order valence-corrected chi connectivity index (χ2v) is 6.33. The summed E-state index contributed by atoms with van der Waals surface area (Å²) in [7, 11) is -1.17. The molecule has 106 valence electrons. The summed E-state index contributed by atoms with van der Waals surface area (Å²) in [6, 6.07) is 17.3. The van der Waals surface area contributed by atoms with Crippen molar-refractivity contribution >= 4 is 22.4 Å². The minimum Gasteiger partial charge on any atom is -0.330 e. The Morgan fingerprint density at radius 3 is 2.43 bits per heavy atom. The largest absolute Gasteiger partial charge is 0.330 e. The van der Waals surface area contributed by atoms with Crippen molar-refractivity contribution in [3.63, 3.8) is 0 Å². The lowest BCUT2D eigenvalue weighted by Gasteiger charge is -2.03. The summed E-state index contributed by atoms with van der Waals surface area (Å²) in [5.41, 5.74) is 3.50. The van der Waals surface area contributed by atoms with E-state index in [9.17, 15) is 4.21 Å². The molecule has 0 radical (unpaired) electrons. The number of nitrogens with zero attached hydrogens (tertiary/aromatic N) is 1. The molecule has 0 aliphatic rings. The van der Waals surface area contributed by atoms with E-state index >= 15 is 0 Å². The first-order valence-corrected chi connectivity index (χ1v) is 8.33. The molecule has 0 spiro atoms. The third-order valence-corrected chi connectivity index (χ3v) is 4.09. The lowest BCUT2D eigenvalue weighted by molar-refractivity contribution is 0.681. The van der Waals surface area contributed by atoms with Crippen LogP contribution in [-0.4, -0.2) is 20.4 Å². The van der Waals surface area contributed by atoms with Crippen molar-refractivity contribution in [2.75, 3.05) is 6.26 Å². The number of aromatic amines is 1. The minimum atomic E-state index is -1.17. The molecular formula is C16H13ClN2OS. The van der Waals surface area contributed by atoms with Gasteiger partial charge in [-0.1, -0.05) is 54.1 Å². The van der Waals surface area contributed by atoms with Crippen LogP contribution in [0.5, 0.6) is 0 Å².